The van der Waals surface area contributed by atoms with E-state index in [4.69, 9.17) is 9.47 Å². The molecule has 0 amide bonds. The quantitative estimate of drug-likeness (QED) is 0.205. The minimum atomic E-state index is -4.01. The second kappa shape index (κ2) is 10.9. The minimum absolute atomic E-state index is 0.0279. The lowest BCUT2D eigenvalue weighted by atomic mass is 10.1. The summed E-state index contributed by atoms with van der Waals surface area (Å²) in [5.41, 5.74) is 1.70. The standard InChI is InChI=1S/C25H29N3O6S2/c1-15-23(35-25(26-15)27-24(30)17-6-4-5-7-17)18-8-13-21(33-3)22(14-18)36(31,32)28-19-9-11-20(12-10-19)34-16(2)29/h8-14,17,24,28,30H,4-7H2,1-3H3,(H,26,27). The van der Waals surface area contributed by atoms with Crippen molar-refractivity contribution < 1.29 is 27.8 Å². The summed E-state index contributed by atoms with van der Waals surface area (Å²) in [4.78, 5) is 16.4. The fourth-order valence-corrected chi connectivity index (χ4v) is 6.49. The van der Waals surface area contributed by atoms with Gasteiger partial charge in [0.25, 0.3) is 10.0 Å². The highest BCUT2D eigenvalue weighted by molar-refractivity contribution is 7.92. The zero-order chi connectivity index (χ0) is 25.9. The van der Waals surface area contributed by atoms with Crippen LogP contribution in [0.4, 0.5) is 10.8 Å². The molecule has 0 spiro atoms. The van der Waals surface area contributed by atoms with Gasteiger partial charge in [-0.3, -0.25) is 9.52 Å². The molecule has 1 atom stereocenters. The first-order valence-corrected chi connectivity index (χ1v) is 13.9. The summed E-state index contributed by atoms with van der Waals surface area (Å²) in [6, 6.07) is 11.0. The van der Waals surface area contributed by atoms with Gasteiger partial charge in [0.15, 0.2) is 5.13 Å². The Kier molecular flexibility index (Phi) is 7.82. The second-order valence-corrected chi connectivity index (χ2v) is 11.3. The number of benzene rings is 2. The third-order valence-electron chi connectivity index (χ3n) is 6.00. The van der Waals surface area contributed by atoms with Gasteiger partial charge in [0.05, 0.1) is 17.7 Å². The van der Waals surface area contributed by atoms with E-state index in [1.54, 1.807) is 18.2 Å². The molecular weight excluding hydrogens is 502 g/mol. The zero-order valence-electron chi connectivity index (χ0n) is 20.3. The zero-order valence-corrected chi connectivity index (χ0v) is 21.9. The molecule has 3 N–H and O–H groups in total. The number of aliphatic hydroxyl groups is 1. The molecule has 9 nitrogen and oxygen atoms in total. The molecule has 1 aromatic heterocycles. The number of carbonyl (C=O) groups excluding carboxylic acids is 1. The summed E-state index contributed by atoms with van der Waals surface area (Å²) in [5, 5.41) is 14.2. The first-order valence-electron chi connectivity index (χ1n) is 11.6. The van der Waals surface area contributed by atoms with Gasteiger partial charge in [0, 0.05) is 18.5 Å². The van der Waals surface area contributed by atoms with Crippen molar-refractivity contribution in [2.24, 2.45) is 5.92 Å². The number of aromatic nitrogens is 1. The Bertz CT molecular complexity index is 1330. The molecule has 0 radical (unpaired) electrons. The van der Waals surface area contributed by atoms with E-state index in [9.17, 15) is 18.3 Å². The predicted molar refractivity (Wildman–Crippen MR) is 139 cm³/mol. The van der Waals surface area contributed by atoms with Crippen LogP contribution in [0.15, 0.2) is 47.4 Å². The van der Waals surface area contributed by atoms with Crippen LogP contribution in [0, 0.1) is 12.8 Å². The molecule has 1 aliphatic carbocycles. The number of thiazole rings is 1. The van der Waals surface area contributed by atoms with Gasteiger partial charge in [0.2, 0.25) is 0 Å². The molecule has 0 saturated heterocycles. The summed E-state index contributed by atoms with van der Waals surface area (Å²) < 4.78 is 39.4. The number of aryl methyl sites for hydroxylation is 1. The molecular formula is C25H29N3O6S2. The van der Waals surface area contributed by atoms with Crippen molar-refractivity contribution in [3.63, 3.8) is 0 Å². The van der Waals surface area contributed by atoms with Crippen LogP contribution in [-0.2, 0) is 14.8 Å². The molecule has 1 aliphatic rings. The fraction of sp³-hybridized carbons (Fsp3) is 0.360. The number of anilines is 2. The lowest BCUT2D eigenvalue weighted by molar-refractivity contribution is -0.131. The topological polar surface area (TPSA) is 127 Å². The number of hydrogen-bond donors (Lipinski definition) is 3. The Morgan fingerprint density at radius 3 is 2.50 bits per heavy atom. The highest BCUT2D eigenvalue weighted by atomic mass is 32.2. The number of rotatable bonds is 9. The summed E-state index contributed by atoms with van der Waals surface area (Å²) >= 11 is 1.36. The molecule has 0 aliphatic heterocycles. The van der Waals surface area contributed by atoms with E-state index in [2.05, 4.69) is 15.0 Å². The van der Waals surface area contributed by atoms with Crippen LogP contribution in [0.5, 0.6) is 11.5 Å². The van der Waals surface area contributed by atoms with Gasteiger partial charge >= 0.3 is 5.97 Å². The van der Waals surface area contributed by atoms with Gasteiger partial charge in [-0.25, -0.2) is 13.4 Å². The van der Waals surface area contributed by atoms with Crippen molar-refractivity contribution in [1.82, 2.24) is 4.98 Å². The smallest absolute Gasteiger partial charge is 0.308 e. The van der Waals surface area contributed by atoms with Gasteiger partial charge in [-0.1, -0.05) is 24.2 Å². The van der Waals surface area contributed by atoms with Crippen molar-refractivity contribution >= 4 is 38.1 Å². The summed E-state index contributed by atoms with van der Waals surface area (Å²) in [7, 11) is -2.60. The van der Waals surface area contributed by atoms with Crippen LogP contribution >= 0.6 is 11.3 Å². The summed E-state index contributed by atoms with van der Waals surface area (Å²) in [6.07, 6.45) is 3.57. The molecule has 36 heavy (non-hydrogen) atoms. The maximum Gasteiger partial charge on any atom is 0.308 e. The van der Waals surface area contributed by atoms with Crippen molar-refractivity contribution in [2.75, 3.05) is 17.1 Å². The number of aliphatic hydroxyl groups excluding tert-OH is 1. The summed E-state index contributed by atoms with van der Waals surface area (Å²) in [5.74, 6) is 0.257. The molecule has 4 rings (SSSR count). The maximum atomic E-state index is 13.3. The van der Waals surface area contributed by atoms with Gasteiger partial charge in [0.1, 0.15) is 22.6 Å². The number of sulfonamides is 1. The predicted octanol–water partition coefficient (Wildman–Crippen LogP) is 4.77. The van der Waals surface area contributed by atoms with Crippen LogP contribution in [-0.4, -0.2) is 37.8 Å². The molecule has 0 bridgehead atoms. The monoisotopic (exact) mass is 531 g/mol. The molecule has 11 heteroatoms. The molecule has 1 fully saturated rings. The Hall–Kier alpha value is -3.15. The van der Waals surface area contributed by atoms with Gasteiger partial charge in [-0.05, 0) is 67.8 Å². The lowest BCUT2D eigenvalue weighted by Crippen LogP contribution is -2.26. The number of nitrogens with one attached hydrogen (secondary N) is 2. The average Bonchev–Trinajstić information content (AvgIpc) is 3.49. The number of ether oxygens (including phenoxy) is 2. The largest absolute Gasteiger partial charge is 0.495 e. The van der Waals surface area contributed by atoms with Crippen LogP contribution < -0.4 is 19.5 Å². The number of carbonyl (C=O) groups is 1. The van der Waals surface area contributed by atoms with E-state index < -0.39 is 22.2 Å². The molecule has 192 valence electrons. The van der Waals surface area contributed by atoms with Crippen molar-refractivity contribution in [3.8, 4) is 21.9 Å². The number of nitrogens with zero attached hydrogens (tertiary/aromatic N) is 1. The fourth-order valence-electron chi connectivity index (χ4n) is 4.24. The second-order valence-electron chi connectivity index (χ2n) is 8.66. The van der Waals surface area contributed by atoms with E-state index in [1.807, 2.05) is 6.92 Å². The average molecular weight is 532 g/mol. The number of hydrogen-bond acceptors (Lipinski definition) is 9. The van der Waals surface area contributed by atoms with E-state index in [0.717, 1.165) is 36.3 Å². The third-order valence-corrected chi connectivity index (χ3v) is 8.54. The number of esters is 1. The molecule has 1 unspecified atom stereocenters. The normalized spacial score (nSPS) is 14.9. The Labute approximate surface area is 214 Å². The van der Waals surface area contributed by atoms with Crippen LogP contribution in [0.1, 0.15) is 38.3 Å². The SMILES string of the molecule is COc1ccc(-c2sc(NC(O)C3CCCC3)nc2C)cc1S(=O)(=O)Nc1ccc(OC(C)=O)cc1. The van der Waals surface area contributed by atoms with Crippen molar-refractivity contribution in [3.05, 3.63) is 48.2 Å². The lowest BCUT2D eigenvalue weighted by Gasteiger charge is -2.18. The Morgan fingerprint density at radius 2 is 1.86 bits per heavy atom. The summed E-state index contributed by atoms with van der Waals surface area (Å²) in [6.45, 7) is 3.14. The molecule has 1 heterocycles. The maximum absolute atomic E-state index is 13.3. The van der Waals surface area contributed by atoms with Crippen molar-refractivity contribution in [2.45, 2.75) is 50.7 Å². The van der Waals surface area contributed by atoms with Crippen LogP contribution in [0.25, 0.3) is 10.4 Å². The van der Waals surface area contributed by atoms with Gasteiger partial charge in [-0.2, -0.15) is 0 Å². The highest BCUT2D eigenvalue weighted by Gasteiger charge is 2.25. The van der Waals surface area contributed by atoms with Crippen LogP contribution in [0.3, 0.4) is 0 Å². The van der Waals surface area contributed by atoms with E-state index in [-0.39, 0.29) is 16.6 Å². The Morgan fingerprint density at radius 1 is 1.17 bits per heavy atom. The Balaban J connectivity index is 1.58. The first-order chi connectivity index (χ1) is 17.2. The van der Waals surface area contributed by atoms with Crippen molar-refractivity contribution in [1.29, 1.82) is 0 Å². The number of methoxy groups -OCH3 is 1. The van der Waals surface area contributed by atoms with E-state index in [0.29, 0.717) is 22.1 Å². The van der Waals surface area contributed by atoms with Gasteiger partial charge < -0.3 is 19.9 Å². The van der Waals surface area contributed by atoms with E-state index in [1.165, 1.54) is 49.6 Å². The first kappa shape index (κ1) is 25.9. The van der Waals surface area contributed by atoms with Crippen LogP contribution in [0.2, 0.25) is 0 Å². The minimum Gasteiger partial charge on any atom is -0.495 e. The molecule has 2 aromatic carbocycles. The highest BCUT2D eigenvalue weighted by Crippen LogP contribution is 2.38. The van der Waals surface area contributed by atoms with E-state index >= 15 is 0 Å². The molecule has 1 saturated carbocycles. The molecule has 3 aromatic rings. The third kappa shape index (κ3) is 5.97. The van der Waals surface area contributed by atoms with Gasteiger partial charge in [-0.15, -0.1) is 0 Å².